The minimum absolute atomic E-state index is 0.0874. The highest BCUT2D eigenvalue weighted by Crippen LogP contribution is 2.15. The number of hydrogen-bond donors (Lipinski definition) is 0. The molecule has 0 unspecified atom stereocenters. The van der Waals surface area contributed by atoms with Gasteiger partial charge in [-0.2, -0.15) is 0 Å². The summed E-state index contributed by atoms with van der Waals surface area (Å²) >= 11 is 2.93. The fourth-order valence-corrected chi connectivity index (χ4v) is 0.865. The lowest BCUT2D eigenvalue weighted by molar-refractivity contribution is -0.151. The highest BCUT2D eigenvalue weighted by atomic mass is 79.9. The Morgan fingerprint density at radius 2 is 2.22 bits per heavy atom. The number of carbonyl (C=O) groups excluding carboxylic acids is 2. The molecule has 1 aliphatic rings. The van der Waals surface area contributed by atoms with Gasteiger partial charge in [-0.05, 0) is 4.99 Å². The molecular formula is C5H3BrO3. The molecule has 3 nitrogen and oxygen atoms in total. The van der Waals surface area contributed by atoms with Crippen LogP contribution in [0.25, 0.3) is 0 Å². The zero-order valence-corrected chi connectivity index (χ0v) is 5.97. The maximum Gasteiger partial charge on any atom is 0.342 e. The normalized spacial score (nSPS) is 23.0. The van der Waals surface area contributed by atoms with E-state index in [1.54, 1.807) is 0 Å². The van der Waals surface area contributed by atoms with Crippen LogP contribution in [0.4, 0.5) is 0 Å². The van der Waals surface area contributed by atoms with Crippen molar-refractivity contribution in [3.05, 3.63) is 10.6 Å². The van der Waals surface area contributed by atoms with Gasteiger partial charge in [0, 0.05) is 0 Å². The largest absolute Gasteiger partial charge is 0.389 e. The molecule has 0 saturated carbocycles. The summed E-state index contributed by atoms with van der Waals surface area (Å²) in [6.45, 7) is 0. The van der Waals surface area contributed by atoms with E-state index in [0.29, 0.717) is 5.57 Å². The molecule has 1 rings (SSSR count). The predicted octanol–water partition coefficient (Wildman–Crippen LogP) is 0.739. The molecular weight excluding hydrogens is 188 g/mol. The molecule has 0 atom stereocenters. The Hall–Kier alpha value is -0.640. The maximum absolute atomic E-state index is 10.5. The van der Waals surface area contributed by atoms with Crippen LogP contribution < -0.4 is 0 Å². The van der Waals surface area contributed by atoms with Gasteiger partial charge in [0.1, 0.15) is 0 Å². The van der Waals surface area contributed by atoms with Crippen molar-refractivity contribution in [2.75, 3.05) is 0 Å². The third-order valence-corrected chi connectivity index (χ3v) is 1.49. The predicted molar refractivity (Wildman–Crippen MR) is 32.7 cm³/mol. The van der Waals surface area contributed by atoms with E-state index in [1.807, 2.05) is 0 Å². The standard InChI is InChI=1S/C5H3BrO3/c6-2-3-1-4(7)9-5(3)8/h2H,1H2. The van der Waals surface area contributed by atoms with Crippen molar-refractivity contribution >= 4 is 27.9 Å². The summed E-state index contributed by atoms with van der Waals surface area (Å²) in [5.74, 6) is -1.03. The van der Waals surface area contributed by atoms with Crippen LogP contribution in [0.15, 0.2) is 10.6 Å². The third-order valence-electron chi connectivity index (χ3n) is 0.935. The first-order valence-electron chi connectivity index (χ1n) is 2.28. The summed E-state index contributed by atoms with van der Waals surface area (Å²) in [7, 11) is 0. The summed E-state index contributed by atoms with van der Waals surface area (Å²) in [4.78, 5) is 22.2. The van der Waals surface area contributed by atoms with Gasteiger partial charge in [0.15, 0.2) is 0 Å². The number of halogens is 1. The monoisotopic (exact) mass is 190 g/mol. The third kappa shape index (κ3) is 1.18. The topological polar surface area (TPSA) is 43.4 Å². The van der Waals surface area contributed by atoms with Gasteiger partial charge < -0.3 is 4.74 Å². The second kappa shape index (κ2) is 2.31. The molecule has 0 aliphatic carbocycles. The summed E-state index contributed by atoms with van der Waals surface area (Å²) in [5, 5.41) is 0. The molecule has 0 aromatic heterocycles. The van der Waals surface area contributed by atoms with Crippen molar-refractivity contribution in [1.29, 1.82) is 0 Å². The number of ether oxygens (including phenoxy) is 1. The second-order valence-corrected chi connectivity index (χ2v) is 2.03. The molecule has 1 aliphatic heterocycles. The SMILES string of the molecule is O=C1CC(=CBr)C(=O)O1. The van der Waals surface area contributed by atoms with Gasteiger partial charge in [-0.15, -0.1) is 0 Å². The highest BCUT2D eigenvalue weighted by molar-refractivity contribution is 9.11. The van der Waals surface area contributed by atoms with Gasteiger partial charge in [0.2, 0.25) is 0 Å². The average Bonchev–Trinajstić information content (AvgIpc) is 2.10. The number of cyclic esters (lactones) is 2. The molecule has 0 amide bonds. The van der Waals surface area contributed by atoms with Gasteiger partial charge in [0.05, 0.1) is 12.0 Å². The van der Waals surface area contributed by atoms with Gasteiger partial charge in [0.25, 0.3) is 0 Å². The summed E-state index contributed by atoms with van der Waals surface area (Å²) in [5.41, 5.74) is 0.375. The quantitative estimate of drug-likeness (QED) is 0.322. The molecule has 0 aromatic rings. The molecule has 0 aromatic carbocycles. The van der Waals surface area contributed by atoms with Crippen LogP contribution >= 0.6 is 15.9 Å². The van der Waals surface area contributed by atoms with Gasteiger partial charge in [-0.1, -0.05) is 15.9 Å². The van der Waals surface area contributed by atoms with Crippen LogP contribution in [0.3, 0.4) is 0 Å². The highest BCUT2D eigenvalue weighted by Gasteiger charge is 2.25. The van der Waals surface area contributed by atoms with Crippen LogP contribution in [0, 0.1) is 0 Å². The van der Waals surface area contributed by atoms with Gasteiger partial charge >= 0.3 is 11.9 Å². The van der Waals surface area contributed by atoms with Crippen LogP contribution in [0.1, 0.15) is 6.42 Å². The van der Waals surface area contributed by atoms with Crippen LogP contribution in [-0.2, 0) is 14.3 Å². The molecule has 0 N–H and O–H groups in total. The molecule has 1 fully saturated rings. The lowest BCUT2D eigenvalue weighted by Crippen LogP contribution is -1.96. The fourth-order valence-electron chi connectivity index (χ4n) is 0.516. The maximum atomic E-state index is 10.5. The van der Waals surface area contributed by atoms with Crippen molar-refractivity contribution in [3.8, 4) is 0 Å². The van der Waals surface area contributed by atoms with Crippen LogP contribution in [0.5, 0.6) is 0 Å². The first kappa shape index (κ1) is 6.48. The zero-order chi connectivity index (χ0) is 6.85. The first-order valence-corrected chi connectivity index (χ1v) is 3.20. The molecule has 0 bridgehead atoms. The van der Waals surface area contributed by atoms with Crippen molar-refractivity contribution in [1.82, 2.24) is 0 Å². The Kier molecular flexibility index (Phi) is 1.66. The van der Waals surface area contributed by atoms with Crippen LogP contribution in [-0.4, -0.2) is 11.9 Å². The van der Waals surface area contributed by atoms with E-state index in [-0.39, 0.29) is 6.42 Å². The van der Waals surface area contributed by atoms with Crippen molar-refractivity contribution in [2.45, 2.75) is 6.42 Å². The van der Waals surface area contributed by atoms with E-state index >= 15 is 0 Å². The van der Waals surface area contributed by atoms with E-state index in [4.69, 9.17) is 0 Å². The molecule has 9 heavy (non-hydrogen) atoms. The van der Waals surface area contributed by atoms with Crippen molar-refractivity contribution in [2.24, 2.45) is 0 Å². The number of carbonyl (C=O) groups is 2. The number of hydrogen-bond acceptors (Lipinski definition) is 3. The lowest BCUT2D eigenvalue weighted by atomic mass is 10.3. The van der Waals surface area contributed by atoms with Gasteiger partial charge in [-0.25, -0.2) is 4.79 Å². The Balaban J connectivity index is 2.81. The number of esters is 2. The molecule has 1 saturated heterocycles. The number of rotatable bonds is 0. The second-order valence-electron chi connectivity index (χ2n) is 1.57. The van der Waals surface area contributed by atoms with Crippen molar-refractivity contribution < 1.29 is 14.3 Å². The van der Waals surface area contributed by atoms with E-state index in [2.05, 4.69) is 20.7 Å². The van der Waals surface area contributed by atoms with Crippen LogP contribution in [0.2, 0.25) is 0 Å². The van der Waals surface area contributed by atoms with Gasteiger partial charge in [-0.3, -0.25) is 4.79 Å². The van der Waals surface area contributed by atoms with E-state index in [1.165, 1.54) is 4.99 Å². The molecule has 0 radical (unpaired) electrons. The van der Waals surface area contributed by atoms with Crippen molar-refractivity contribution in [3.63, 3.8) is 0 Å². The molecule has 1 heterocycles. The lowest BCUT2D eigenvalue weighted by Gasteiger charge is -1.81. The molecule has 0 spiro atoms. The summed E-state index contributed by atoms with van der Waals surface area (Å²) in [6, 6.07) is 0. The fraction of sp³-hybridized carbons (Fsp3) is 0.200. The smallest absolute Gasteiger partial charge is 0.342 e. The zero-order valence-electron chi connectivity index (χ0n) is 4.39. The minimum atomic E-state index is -0.545. The summed E-state index contributed by atoms with van der Waals surface area (Å²) in [6.07, 6.45) is 0.0874. The Bertz CT molecular complexity index is 194. The van der Waals surface area contributed by atoms with E-state index < -0.39 is 11.9 Å². The Morgan fingerprint density at radius 1 is 1.56 bits per heavy atom. The summed E-state index contributed by atoms with van der Waals surface area (Å²) < 4.78 is 4.19. The van der Waals surface area contributed by atoms with E-state index in [9.17, 15) is 9.59 Å². The molecule has 4 heteroatoms. The van der Waals surface area contributed by atoms with E-state index in [0.717, 1.165) is 0 Å². The first-order chi connectivity index (χ1) is 4.24. The Morgan fingerprint density at radius 3 is 2.44 bits per heavy atom. The Labute approximate surface area is 59.8 Å². The average molecular weight is 191 g/mol. The minimum Gasteiger partial charge on any atom is -0.389 e. The molecule has 48 valence electrons.